The zero-order valence-electron chi connectivity index (χ0n) is 30.2. The minimum absolute atomic E-state index is 0.574. The fraction of sp³-hybridized carbons (Fsp3) is 0. The van der Waals surface area contributed by atoms with Gasteiger partial charge < -0.3 is 8.98 Å². The average Bonchev–Trinajstić information content (AvgIpc) is 3.82. The van der Waals surface area contributed by atoms with Crippen molar-refractivity contribution in [1.29, 1.82) is 0 Å². The first-order valence-corrected chi connectivity index (χ1v) is 18.8. The Hall–Kier alpha value is -7.63. The summed E-state index contributed by atoms with van der Waals surface area (Å²) in [4.78, 5) is 15.7. The van der Waals surface area contributed by atoms with Crippen molar-refractivity contribution in [3.05, 3.63) is 194 Å². The lowest BCUT2D eigenvalue weighted by atomic mass is 9.91. The van der Waals surface area contributed by atoms with Crippen LogP contribution in [0.25, 0.3) is 106 Å². The highest BCUT2D eigenvalue weighted by Crippen LogP contribution is 2.40. The topological polar surface area (TPSA) is 56.7 Å². The van der Waals surface area contributed by atoms with Crippen LogP contribution in [0, 0.1) is 0 Å². The fourth-order valence-electron chi connectivity index (χ4n) is 8.09. The van der Waals surface area contributed by atoms with Gasteiger partial charge in [-0.25, -0.2) is 15.0 Å². The second-order valence-electron chi connectivity index (χ2n) is 14.0. The SMILES string of the molecule is c1ccc(-c2ccccc2-c2ccccc2-c2nc(-c3ccc4c(c3)oc3ccccc34)nc(-c3ccc4c(c3)c3ccccc3n4-c3ccccc3)n2)cc1. The molecule has 0 atom stereocenters. The predicted octanol–water partition coefficient (Wildman–Crippen LogP) is 13.2. The Kier molecular flexibility index (Phi) is 7.42. The summed E-state index contributed by atoms with van der Waals surface area (Å²) in [5.41, 5.74) is 12.2. The average molecular weight is 717 g/mol. The Morgan fingerprint density at radius 2 is 0.857 bits per heavy atom. The molecule has 8 aromatic carbocycles. The van der Waals surface area contributed by atoms with Crippen molar-refractivity contribution in [3.63, 3.8) is 0 Å². The van der Waals surface area contributed by atoms with Gasteiger partial charge in [0, 0.05) is 43.9 Å². The number of rotatable bonds is 6. The lowest BCUT2D eigenvalue weighted by Crippen LogP contribution is -2.01. The highest BCUT2D eigenvalue weighted by atomic mass is 16.3. The van der Waals surface area contributed by atoms with Gasteiger partial charge in [-0.2, -0.15) is 0 Å². The van der Waals surface area contributed by atoms with Crippen LogP contribution in [0.4, 0.5) is 0 Å². The summed E-state index contributed by atoms with van der Waals surface area (Å²) in [5.74, 6) is 1.77. The predicted molar refractivity (Wildman–Crippen MR) is 229 cm³/mol. The molecule has 0 spiro atoms. The molecule has 0 saturated carbocycles. The van der Waals surface area contributed by atoms with E-state index in [-0.39, 0.29) is 0 Å². The van der Waals surface area contributed by atoms with Crippen molar-refractivity contribution in [2.45, 2.75) is 0 Å². The third-order valence-corrected chi connectivity index (χ3v) is 10.7. The van der Waals surface area contributed by atoms with Crippen molar-refractivity contribution in [3.8, 4) is 62.1 Å². The number of fused-ring (bicyclic) bond motifs is 6. The quantitative estimate of drug-likeness (QED) is 0.172. The number of hydrogen-bond acceptors (Lipinski definition) is 4. The second kappa shape index (κ2) is 13.0. The van der Waals surface area contributed by atoms with Gasteiger partial charge in [0.25, 0.3) is 0 Å². The normalized spacial score (nSPS) is 11.6. The maximum Gasteiger partial charge on any atom is 0.164 e. The van der Waals surface area contributed by atoms with Crippen LogP contribution in [0.15, 0.2) is 199 Å². The van der Waals surface area contributed by atoms with E-state index in [1.165, 1.54) is 5.39 Å². The summed E-state index contributed by atoms with van der Waals surface area (Å²) in [6.45, 7) is 0. The molecule has 11 aromatic rings. The number of benzene rings is 8. The molecule has 3 heterocycles. The number of nitrogens with zero attached hydrogens (tertiary/aromatic N) is 4. The van der Waals surface area contributed by atoms with Crippen LogP contribution in [0.5, 0.6) is 0 Å². The van der Waals surface area contributed by atoms with Gasteiger partial charge in [-0.3, -0.25) is 0 Å². The highest BCUT2D eigenvalue weighted by molar-refractivity contribution is 6.10. The first-order chi connectivity index (χ1) is 27.8. The first kappa shape index (κ1) is 31.9. The summed E-state index contributed by atoms with van der Waals surface area (Å²) in [5, 5.41) is 4.44. The molecule has 0 bridgehead atoms. The van der Waals surface area contributed by atoms with E-state index in [1.807, 2.05) is 30.3 Å². The lowest BCUT2D eigenvalue weighted by Gasteiger charge is -2.15. The minimum atomic E-state index is 0.574. The largest absolute Gasteiger partial charge is 0.456 e. The zero-order valence-corrected chi connectivity index (χ0v) is 30.2. The van der Waals surface area contributed by atoms with Gasteiger partial charge in [0.05, 0.1) is 11.0 Å². The molecule has 0 saturated heterocycles. The van der Waals surface area contributed by atoms with Crippen molar-refractivity contribution >= 4 is 43.7 Å². The van der Waals surface area contributed by atoms with Crippen molar-refractivity contribution in [2.75, 3.05) is 0 Å². The molecule has 5 heteroatoms. The smallest absolute Gasteiger partial charge is 0.164 e. The van der Waals surface area contributed by atoms with Crippen LogP contribution in [-0.4, -0.2) is 19.5 Å². The third-order valence-electron chi connectivity index (χ3n) is 10.7. The van der Waals surface area contributed by atoms with E-state index in [0.29, 0.717) is 17.5 Å². The van der Waals surface area contributed by atoms with Gasteiger partial charge in [-0.05, 0) is 76.9 Å². The Balaban J connectivity index is 1.14. The highest BCUT2D eigenvalue weighted by Gasteiger charge is 2.20. The van der Waals surface area contributed by atoms with E-state index in [0.717, 1.165) is 83.0 Å². The number of aromatic nitrogens is 4. The van der Waals surface area contributed by atoms with Crippen molar-refractivity contribution in [1.82, 2.24) is 19.5 Å². The van der Waals surface area contributed by atoms with E-state index in [9.17, 15) is 0 Å². The summed E-state index contributed by atoms with van der Waals surface area (Å²) in [6, 6.07) is 67.4. The Bertz CT molecular complexity index is 3250. The molecule has 0 unspecified atom stereocenters. The molecule has 0 fully saturated rings. The molecule has 56 heavy (non-hydrogen) atoms. The molecular weight excluding hydrogens is 685 g/mol. The minimum Gasteiger partial charge on any atom is -0.456 e. The Labute approximate surface area is 322 Å². The maximum absolute atomic E-state index is 6.33. The van der Waals surface area contributed by atoms with Crippen LogP contribution in [0.1, 0.15) is 0 Å². The summed E-state index contributed by atoms with van der Waals surface area (Å²) in [7, 11) is 0. The number of furan rings is 1. The molecule has 3 aromatic heterocycles. The van der Waals surface area contributed by atoms with Crippen LogP contribution in [0.2, 0.25) is 0 Å². The van der Waals surface area contributed by atoms with Crippen LogP contribution in [0.3, 0.4) is 0 Å². The van der Waals surface area contributed by atoms with E-state index in [2.05, 4.69) is 168 Å². The van der Waals surface area contributed by atoms with Gasteiger partial charge in [0.15, 0.2) is 17.5 Å². The number of hydrogen-bond donors (Lipinski definition) is 0. The van der Waals surface area contributed by atoms with Gasteiger partial charge in [-0.1, -0.05) is 140 Å². The first-order valence-electron chi connectivity index (χ1n) is 18.8. The van der Waals surface area contributed by atoms with Crippen LogP contribution in [-0.2, 0) is 0 Å². The summed E-state index contributed by atoms with van der Waals surface area (Å²) < 4.78 is 8.65. The molecule has 0 aliphatic carbocycles. The lowest BCUT2D eigenvalue weighted by molar-refractivity contribution is 0.669. The molecule has 0 radical (unpaired) electrons. The fourth-order valence-corrected chi connectivity index (χ4v) is 8.09. The molecule has 0 amide bonds. The van der Waals surface area contributed by atoms with Crippen LogP contribution < -0.4 is 0 Å². The molecule has 262 valence electrons. The molecule has 0 N–H and O–H groups in total. The van der Waals surface area contributed by atoms with Gasteiger partial charge in [-0.15, -0.1) is 0 Å². The second-order valence-corrected chi connectivity index (χ2v) is 14.0. The standard InChI is InChI=1S/C51H32N4O/c1-3-15-33(16-4-1)37-19-7-8-20-38(37)39-21-9-10-24-43(39)51-53-49(52-50(54-51)35-27-29-42-41-23-12-14-26-47(41)56-48(42)32-35)34-28-30-46-44(31-34)40-22-11-13-25-45(40)55(46)36-17-5-2-6-18-36/h1-32H. The Morgan fingerprint density at radius 3 is 1.64 bits per heavy atom. The van der Waals surface area contributed by atoms with E-state index < -0.39 is 0 Å². The molecule has 0 aliphatic heterocycles. The Morgan fingerprint density at radius 1 is 0.321 bits per heavy atom. The van der Waals surface area contributed by atoms with Crippen LogP contribution >= 0.6 is 0 Å². The maximum atomic E-state index is 6.33. The zero-order chi connectivity index (χ0) is 37.0. The third kappa shape index (κ3) is 5.29. The van der Waals surface area contributed by atoms with Gasteiger partial charge in [0.2, 0.25) is 0 Å². The van der Waals surface area contributed by atoms with E-state index in [4.69, 9.17) is 19.4 Å². The number of para-hydroxylation sites is 3. The van der Waals surface area contributed by atoms with Crippen molar-refractivity contribution in [2.24, 2.45) is 0 Å². The molecule has 11 rings (SSSR count). The van der Waals surface area contributed by atoms with E-state index >= 15 is 0 Å². The van der Waals surface area contributed by atoms with Gasteiger partial charge >= 0.3 is 0 Å². The monoisotopic (exact) mass is 716 g/mol. The molecule has 5 nitrogen and oxygen atoms in total. The molecule has 0 aliphatic rings. The molecular formula is C51H32N4O. The van der Waals surface area contributed by atoms with Crippen molar-refractivity contribution < 1.29 is 4.42 Å². The van der Waals surface area contributed by atoms with E-state index in [1.54, 1.807) is 0 Å². The van der Waals surface area contributed by atoms with Gasteiger partial charge in [0.1, 0.15) is 11.2 Å². The summed E-state index contributed by atoms with van der Waals surface area (Å²) in [6.07, 6.45) is 0. The summed E-state index contributed by atoms with van der Waals surface area (Å²) >= 11 is 0.